The third-order valence-electron chi connectivity index (χ3n) is 1.47. The third-order valence-corrected chi connectivity index (χ3v) is 1.47. The Labute approximate surface area is 106 Å². The van der Waals surface area contributed by atoms with Gasteiger partial charge in [-0.1, -0.05) is 27.7 Å². The molecule has 5 nitrogen and oxygen atoms in total. The average Bonchev–Trinajstić information content (AvgIpc) is 2.31. The fourth-order valence-corrected chi connectivity index (χ4v) is 0.737. The predicted octanol–water partition coefficient (Wildman–Crippen LogP) is 0.681. The van der Waals surface area contributed by atoms with Crippen LogP contribution in [0.5, 0.6) is 0 Å². The second-order valence-corrected chi connectivity index (χ2v) is 3.34. The van der Waals surface area contributed by atoms with Crippen molar-refractivity contribution in [1.82, 2.24) is 10.6 Å². The van der Waals surface area contributed by atoms with Crippen LogP contribution in [-0.4, -0.2) is 37.9 Å². The molecule has 5 heteroatoms. The second kappa shape index (κ2) is 17.5. The van der Waals surface area contributed by atoms with Crippen LogP contribution in [0.15, 0.2) is 0 Å². The molecule has 0 atom stereocenters. The molecule has 0 aromatic carbocycles. The van der Waals surface area contributed by atoms with E-state index in [0.29, 0.717) is 25.6 Å². The summed E-state index contributed by atoms with van der Waals surface area (Å²) < 4.78 is 0. The van der Waals surface area contributed by atoms with Gasteiger partial charge in [-0.3, -0.25) is 9.59 Å². The topological polar surface area (TPSA) is 84.2 Å². The Morgan fingerprint density at radius 3 is 2.00 bits per heavy atom. The fourth-order valence-electron chi connectivity index (χ4n) is 0.737. The standard InChI is InChI=1S/C9H18N2O2.C2H6.CH5N/c1-7(2)11-6-9(13)10-5-4-8(3)12;2*1-2/h7,11H,4-6H2,1-3H3,(H,10,13);1-2H3;2H2,1H3. The maximum Gasteiger partial charge on any atom is 0.233 e. The van der Waals surface area contributed by atoms with Crippen LogP contribution in [0.4, 0.5) is 0 Å². The van der Waals surface area contributed by atoms with Gasteiger partial charge in [0.2, 0.25) is 5.91 Å². The molecule has 0 aliphatic heterocycles. The molecule has 1 amide bonds. The lowest BCUT2D eigenvalue weighted by Crippen LogP contribution is -2.37. The van der Waals surface area contributed by atoms with E-state index >= 15 is 0 Å². The van der Waals surface area contributed by atoms with E-state index in [4.69, 9.17) is 0 Å². The Hall–Kier alpha value is -0.940. The molecule has 0 saturated heterocycles. The van der Waals surface area contributed by atoms with E-state index in [1.807, 2.05) is 27.7 Å². The van der Waals surface area contributed by atoms with Gasteiger partial charge >= 0.3 is 0 Å². The van der Waals surface area contributed by atoms with Crippen molar-refractivity contribution in [3.63, 3.8) is 0 Å². The van der Waals surface area contributed by atoms with Gasteiger partial charge in [0, 0.05) is 19.0 Å². The molecule has 104 valence electrons. The summed E-state index contributed by atoms with van der Waals surface area (Å²) in [6, 6.07) is 0.304. The van der Waals surface area contributed by atoms with Crippen molar-refractivity contribution in [1.29, 1.82) is 0 Å². The largest absolute Gasteiger partial charge is 0.355 e. The second-order valence-electron chi connectivity index (χ2n) is 3.34. The normalized spacial score (nSPS) is 8.47. The summed E-state index contributed by atoms with van der Waals surface area (Å²) in [6.45, 7) is 10.2. The number of hydrogen-bond acceptors (Lipinski definition) is 4. The third kappa shape index (κ3) is 25.4. The predicted molar refractivity (Wildman–Crippen MR) is 72.9 cm³/mol. The summed E-state index contributed by atoms with van der Waals surface area (Å²) in [4.78, 5) is 21.6. The minimum atomic E-state index is -0.0602. The van der Waals surface area contributed by atoms with Gasteiger partial charge < -0.3 is 16.4 Å². The molecule has 4 N–H and O–H groups in total. The summed E-state index contributed by atoms with van der Waals surface area (Å²) in [6.07, 6.45) is 0.410. The minimum Gasteiger partial charge on any atom is -0.355 e. The first kappa shape index (κ1) is 21.4. The maximum absolute atomic E-state index is 11.0. The number of carbonyl (C=O) groups is 2. The maximum atomic E-state index is 11.0. The van der Waals surface area contributed by atoms with Crippen LogP contribution in [-0.2, 0) is 9.59 Å². The highest BCUT2D eigenvalue weighted by Crippen LogP contribution is 1.79. The molecule has 0 unspecified atom stereocenters. The first-order chi connectivity index (χ1) is 8.02. The quantitative estimate of drug-likeness (QED) is 0.644. The van der Waals surface area contributed by atoms with Crippen LogP contribution in [0.3, 0.4) is 0 Å². The highest BCUT2D eigenvalue weighted by Gasteiger charge is 2.01. The number of rotatable bonds is 6. The Bertz CT molecular complexity index is 183. The molecule has 0 aliphatic carbocycles. The van der Waals surface area contributed by atoms with E-state index in [-0.39, 0.29) is 11.7 Å². The number of nitrogens with two attached hydrogens (primary N) is 1. The number of amides is 1. The van der Waals surface area contributed by atoms with Crippen LogP contribution in [0, 0.1) is 0 Å². The average molecular weight is 247 g/mol. The van der Waals surface area contributed by atoms with Crippen LogP contribution in [0.1, 0.15) is 41.0 Å². The first-order valence-corrected chi connectivity index (χ1v) is 6.09. The number of ketones is 1. The summed E-state index contributed by atoms with van der Waals surface area (Å²) >= 11 is 0. The Morgan fingerprint density at radius 1 is 1.18 bits per heavy atom. The van der Waals surface area contributed by atoms with E-state index in [1.165, 1.54) is 14.0 Å². The summed E-state index contributed by atoms with van der Waals surface area (Å²) in [5, 5.41) is 5.63. The van der Waals surface area contributed by atoms with Gasteiger partial charge in [0.1, 0.15) is 5.78 Å². The molecule has 0 saturated carbocycles. The van der Waals surface area contributed by atoms with E-state index < -0.39 is 0 Å². The van der Waals surface area contributed by atoms with Gasteiger partial charge in [-0.2, -0.15) is 0 Å². The van der Waals surface area contributed by atoms with Crippen LogP contribution in [0.2, 0.25) is 0 Å². The van der Waals surface area contributed by atoms with E-state index in [9.17, 15) is 9.59 Å². The number of nitrogens with one attached hydrogen (secondary N) is 2. The lowest BCUT2D eigenvalue weighted by molar-refractivity contribution is -0.120. The molecule has 0 radical (unpaired) electrons. The molecule has 0 bridgehead atoms. The fraction of sp³-hybridized carbons (Fsp3) is 0.833. The molecular weight excluding hydrogens is 218 g/mol. The van der Waals surface area contributed by atoms with Crippen molar-refractivity contribution in [2.24, 2.45) is 5.73 Å². The number of carbonyl (C=O) groups excluding carboxylic acids is 2. The lowest BCUT2D eigenvalue weighted by Gasteiger charge is -2.07. The molecule has 0 rings (SSSR count). The van der Waals surface area contributed by atoms with Gasteiger partial charge in [-0.25, -0.2) is 0 Å². The summed E-state index contributed by atoms with van der Waals surface area (Å²) in [7, 11) is 1.50. The van der Waals surface area contributed by atoms with Crippen molar-refractivity contribution in [2.75, 3.05) is 20.1 Å². The van der Waals surface area contributed by atoms with Crippen molar-refractivity contribution in [3.8, 4) is 0 Å². The molecule has 0 aromatic rings. The molecular formula is C12H29N3O2. The Balaban J connectivity index is -0.000000439. The molecule has 17 heavy (non-hydrogen) atoms. The zero-order valence-corrected chi connectivity index (χ0v) is 12.1. The molecule has 0 heterocycles. The minimum absolute atomic E-state index is 0.0602. The number of hydrogen-bond donors (Lipinski definition) is 3. The van der Waals surface area contributed by atoms with Crippen molar-refractivity contribution in [3.05, 3.63) is 0 Å². The molecule has 0 spiro atoms. The van der Waals surface area contributed by atoms with Crippen molar-refractivity contribution in [2.45, 2.75) is 47.1 Å². The molecule has 0 fully saturated rings. The highest BCUT2D eigenvalue weighted by atomic mass is 16.2. The zero-order valence-electron chi connectivity index (χ0n) is 12.1. The van der Waals surface area contributed by atoms with E-state index in [1.54, 1.807) is 0 Å². The van der Waals surface area contributed by atoms with Gasteiger partial charge in [-0.05, 0) is 14.0 Å². The molecule has 0 aromatic heterocycles. The van der Waals surface area contributed by atoms with Gasteiger partial charge in [-0.15, -0.1) is 0 Å². The first-order valence-electron chi connectivity index (χ1n) is 6.09. The number of Topliss-reactive ketones (excluding diaryl/α,β-unsaturated/α-hetero) is 1. The lowest BCUT2D eigenvalue weighted by atomic mass is 10.3. The van der Waals surface area contributed by atoms with Crippen LogP contribution < -0.4 is 16.4 Å². The van der Waals surface area contributed by atoms with Gasteiger partial charge in [0.25, 0.3) is 0 Å². The smallest absolute Gasteiger partial charge is 0.233 e. The Morgan fingerprint density at radius 2 is 1.65 bits per heavy atom. The Kier molecular flexibility index (Phi) is 21.9. The molecule has 0 aliphatic rings. The summed E-state index contributed by atoms with van der Waals surface area (Å²) in [5.74, 6) is 0.0343. The van der Waals surface area contributed by atoms with Crippen LogP contribution in [0.25, 0.3) is 0 Å². The van der Waals surface area contributed by atoms with E-state index in [0.717, 1.165) is 0 Å². The summed E-state index contributed by atoms with van der Waals surface area (Å²) in [5.41, 5.74) is 4.50. The monoisotopic (exact) mass is 247 g/mol. The van der Waals surface area contributed by atoms with Gasteiger partial charge in [0.15, 0.2) is 0 Å². The van der Waals surface area contributed by atoms with Gasteiger partial charge in [0.05, 0.1) is 6.54 Å². The zero-order chi connectivity index (χ0) is 14.3. The van der Waals surface area contributed by atoms with Crippen LogP contribution >= 0.6 is 0 Å². The van der Waals surface area contributed by atoms with E-state index in [2.05, 4.69) is 16.4 Å². The van der Waals surface area contributed by atoms with Crippen molar-refractivity contribution < 1.29 is 9.59 Å². The SMILES string of the molecule is CC.CC(=O)CCNC(=O)CNC(C)C.CN. The highest BCUT2D eigenvalue weighted by molar-refractivity contribution is 5.79. The van der Waals surface area contributed by atoms with Crippen molar-refractivity contribution >= 4 is 11.7 Å².